The molecule has 43 heavy (non-hydrogen) atoms. The maximum absolute atomic E-state index is 13.9. The number of rotatable bonds is 7. The first-order valence-electron chi connectivity index (χ1n) is 12.2. The number of benzene rings is 2. The van der Waals surface area contributed by atoms with Gasteiger partial charge in [0.25, 0.3) is 5.91 Å². The second-order valence-electron chi connectivity index (χ2n) is 9.06. The van der Waals surface area contributed by atoms with Crippen LogP contribution < -0.4 is 10.0 Å². The second kappa shape index (κ2) is 11.1. The third-order valence-corrected chi connectivity index (χ3v) is 7.51. The number of nitrogens with zero attached hydrogens (tertiary/aromatic N) is 4. The summed E-state index contributed by atoms with van der Waals surface area (Å²) in [6.07, 6.45) is -5.76. The van der Waals surface area contributed by atoms with E-state index in [4.69, 9.17) is 0 Å². The van der Waals surface area contributed by atoms with Gasteiger partial charge in [0.15, 0.2) is 11.3 Å². The lowest BCUT2D eigenvalue weighted by atomic mass is 10.1. The van der Waals surface area contributed by atoms with Crippen molar-refractivity contribution in [3.8, 4) is 11.3 Å². The molecule has 0 aliphatic rings. The summed E-state index contributed by atoms with van der Waals surface area (Å²) in [7, 11) is -4.03. The highest BCUT2D eigenvalue weighted by molar-refractivity contribution is 7.89. The van der Waals surface area contributed by atoms with Gasteiger partial charge in [-0.15, -0.1) is 0 Å². The molecular formula is C27H18F6N6O3S. The van der Waals surface area contributed by atoms with Crippen molar-refractivity contribution in [2.45, 2.75) is 23.8 Å². The van der Waals surface area contributed by atoms with Gasteiger partial charge in [0.1, 0.15) is 5.56 Å². The fourth-order valence-electron chi connectivity index (χ4n) is 4.01. The number of hydrogen-bond acceptors (Lipinski definition) is 6. The fraction of sp³-hybridized carbons (Fsp3) is 0.111. The molecule has 5 aromatic rings. The van der Waals surface area contributed by atoms with Crippen molar-refractivity contribution >= 4 is 27.3 Å². The van der Waals surface area contributed by atoms with E-state index in [1.54, 1.807) is 12.1 Å². The zero-order valence-electron chi connectivity index (χ0n) is 21.5. The second-order valence-corrected chi connectivity index (χ2v) is 10.8. The topological polar surface area (TPSA) is 118 Å². The Balaban J connectivity index is 1.45. The lowest BCUT2D eigenvalue weighted by Crippen LogP contribution is -2.23. The maximum Gasteiger partial charge on any atom is 0.433 e. The van der Waals surface area contributed by atoms with E-state index in [0.29, 0.717) is 28.3 Å². The van der Waals surface area contributed by atoms with Crippen molar-refractivity contribution < 1.29 is 39.6 Å². The SMILES string of the molecule is O=C(Nc1cccc(S(=O)(=O)NCc2cccnc2)c1)c1cnn2c(C(F)(F)F)cc(-c3ccc(C(F)(F)F)cc3)nc12. The van der Waals surface area contributed by atoms with Crippen LogP contribution in [0.1, 0.15) is 27.2 Å². The first kappa shape index (κ1) is 29.7. The summed E-state index contributed by atoms with van der Waals surface area (Å²) in [5.74, 6) is -0.960. The highest BCUT2D eigenvalue weighted by Crippen LogP contribution is 2.34. The van der Waals surface area contributed by atoms with Crippen LogP contribution in [0.15, 0.2) is 90.2 Å². The average Bonchev–Trinajstić information content (AvgIpc) is 3.40. The molecule has 0 radical (unpaired) electrons. The van der Waals surface area contributed by atoms with Crippen LogP contribution in [0, 0.1) is 0 Å². The molecule has 9 nitrogen and oxygen atoms in total. The molecule has 0 bridgehead atoms. The summed E-state index contributed by atoms with van der Waals surface area (Å²) in [5, 5.41) is 6.08. The molecule has 2 aromatic carbocycles. The zero-order chi connectivity index (χ0) is 31.0. The smallest absolute Gasteiger partial charge is 0.322 e. The number of fused-ring (bicyclic) bond motifs is 1. The number of alkyl halides is 6. The number of sulfonamides is 1. The van der Waals surface area contributed by atoms with Crippen molar-refractivity contribution in [3.05, 3.63) is 108 Å². The van der Waals surface area contributed by atoms with Gasteiger partial charge in [-0.3, -0.25) is 9.78 Å². The van der Waals surface area contributed by atoms with E-state index in [0.717, 1.165) is 24.4 Å². The molecule has 0 saturated carbocycles. The molecule has 0 atom stereocenters. The van der Waals surface area contributed by atoms with Crippen LogP contribution >= 0.6 is 0 Å². The number of pyridine rings is 1. The minimum Gasteiger partial charge on any atom is -0.322 e. The molecule has 0 fully saturated rings. The molecule has 222 valence electrons. The van der Waals surface area contributed by atoms with Gasteiger partial charge in [0.05, 0.1) is 22.3 Å². The van der Waals surface area contributed by atoms with Crippen LogP contribution in [-0.4, -0.2) is 33.9 Å². The van der Waals surface area contributed by atoms with Gasteiger partial charge in [-0.2, -0.15) is 31.4 Å². The summed E-state index contributed by atoms with van der Waals surface area (Å²) in [5.41, 5.74) is -3.06. The molecule has 1 amide bonds. The molecule has 0 aliphatic carbocycles. The van der Waals surface area contributed by atoms with E-state index in [1.807, 2.05) is 0 Å². The Kier molecular flexibility index (Phi) is 7.66. The van der Waals surface area contributed by atoms with Gasteiger partial charge in [0, 0.05) is 30.2 Å². The average molecular weight is 621 g/mol. The number of aromatic nitrogens is 4. The van der Waals surface area contributed by atoms with Crippen LogP contribution in [0.2, 0.25) is 0 Å². The molecule has 3 aromatic heterocycles. The third kappa shape index (κ3) is 6.49. The van der Waals surface area contributed by atoms with Crippen molar-refractivity contribution in [3.63, 3.8) is 0 Å². The van der Waals surface area contributed by atoms with Gasteiger partial charge in [-0.05, 0) is 48.0 Å². The van der Waals surface area contributed by atoms with Gasteiger partial charge >= 0.3 is 12.4 Å². The van der Waals surface area contributed by atoms with Crippen molar-refractivity contribution in [1.29, 1.82) is 0 Å². The number of anilines is 1. The minimum atomic E-state index is -4.97. The van der Waals surface area contributed by atoms with E-state index in [2.05, 4.69) is 25.1 Å². The van der Waals surface area contributed by atoms with E-state index in [1.165, 1.54) is 30.6 Å². The molecule has 5 rings (SSSR count). The Bertz CT molecular complexity index is 1910. The molecule has 2 N–H and O–H groups in total. The Morgan fingerprint density at radius 1 is 0.884 bits per heavy atom. The monoisotopic (exact) mass is 620 g/mol. The minimum absolute atomic E-state index is 0.00328. The third-order valence-electron chi connectivity index (χ3n) is 6.11. The number of nitrogens with one attached hydrogen (secondary N) is 2. The van der Waals surface area contributed by atoms with Crippen LogP contribution in [0.25, 0.3) is 16.9 Å². The highest BCUT2D eigenvalue weighted by atomic mass is 32.2. The van der Waals surface area contributed by atoms with E-state index in [9.17, 15) is 39.6 Å². The number of halogens is 6. The Labute approximate surface area is 239 Å². The molecule has 0 unspecified atom stereocenters. The molecule has 0 aliphatic heterocycles. The van der Waals surface area contributed by atoms with Gasteiger partial charge in [-0.1, -0.05) is 24.3 Å². The largest absolute Gasteiger partial charge is 0.433 e. The quantitative estimate of drug-likeness (QED) is 0.230. The summed E-state index contributed by atoms with van der Waals surface area (Å²) in [4.78, 5) is 20.9. The van der Waals surface area contributed by atoms with Gasteiger partial charge in [0.2, 0.25) is 10.0 Å². The fourth-order valence-corrected chi connectivity index (χ4v) is 5.07. The summed E-state index contributed by atoms with van der Waals surface area (Å²) < 4.78 is 109. The van der Waals surface area contributed by atoms with E-state index < -0.39 is 50.8 Å². The summed E-state index contributed by atoms with van der Waals surface area (Å²) in [6.45, 7) is -0.0520. The predicted molar refractivity (Wildman–Crippen MR) is 141 cm³/mol. The predicted octanol–water partition coefficient (Wildman–Crippen LogP) is 5.56. The van der Waals surface area contributed by atoms with E-state index in [-0.39, 0.29) is 28.4 Å². The maximum atomic E-state index is 13.9. The Morgan fingerprint density at radius 3 is 2.28 bits per heavy atom. The first-order valence-corrected chi connectivity index (χ1v) is 13.6. The van der Waals surface area contributed by atoms with Crippen molar-refractivity contribution in [2.24, 2.45) is 0 Å². The van der Waals surface area contributed by atoms with Crippen molar-refractivity contribution in [1.82, 2.24) is 24.3 Å². The van der Waals surface area contributed by atoms with Crippen LogP contribution in [0.5, 0.6) is 0 Å². The number of amides is 1. The zero-order valence-corrected chi connectivity index (χ0v) is 22.3. The van der Waals surface area contributed by atoms with Gasteiger partial charge < -0.3 is 5.32 Å². The normalized spacial score (nSPS) is 12.4. The number of carbonyl (C=O) groups is 1. The number of carbonyl (C=O) groups excluding carboxylic acids is 1. The lowest BCUT2D eigenvalue weighted by Gasteiger charge is -2.12. The van der Waals surface area contributed by atoms with Crippen molar-refractivity contribution in [2.75, 3.05) is 5.32 Å². The summed E-state index contributed by atoms with van der Waals surface area (Å²) in [6, 6.07) is 12.4. The standard InChI is InChI=1S/C27H18F6N6O3S/c28-26(29,30)18-8-6-17(7-9-18)22-12-23(27(31,32)33)39-24(38-22)21(15-35-39)25(40)37-19-4-1-5-20(11-19)43(41,42)36-14-16-3-2-10-34-13-16/h1-13,15,36H,14H2,(H,37,40). The number of hydrogen-bond donors (Lipinski definition) is 2. The van der Waals surface area contributed by atoms with Crippen LogP contribution in [-0.2, 0) is 28.9 Å². The van der Waals surface area contributed by atoms with E-state index >= 15 is 0 Å². The molecule has 3 heterocycles. The highest BCUT2D eigenvalue weighted by Gasteiger charge is 2.36. The lowest BCUT2D eigenvalue weighted by molar-refractivity contribution is -0.142. The van der Waals surface area contributed by atoms with Crippen LogP contribution in [0.3, 0.4) is 0 Å². The summed E-state index contributed by atoms with van der Waals surface area (Å²) >= 11 is 0. The van der Waals surface area contributed by atoms with Gasteiger partial charge in [-0.25, -0.2) is 22.6 Å². The Hall–Kier alpha value is -4.83. The van der Waals surface area contributed by atoms with Crippen LogP contribution in [0.4, 0.5) is 32.0 Å². The first-order chi connectivity index (χ1) is 20.2. The Morgan fingerprint density at radius 2 is 1.63 bits per heavy atom. The molecule has 0 spiro atoms. The molecular weight excluding hydrogens is 602 g/mol. The molecule has 16 heteroatoms. The molecule has 0 saturated heterocycles.